The molecule has 15 nitrogen and oxygen atoms in total. The Morgan fingerprint density at radius 2 is 1.65 bits per heavy atom. The highest BCUT2D eigenvalue weighted by Gasteiger charge is 2.35. The standard InChI is InChI=1S/C46H52ClN11O4/c1-30(59)55-22-18-43-39(29-55)45(57-19-2-3-32-25-31(27-48)4-12-42(32)57)53-58(43)35-14-23-56(24-15-35)62-37-16-20-54(21-17-37)44-13-11-41(51-52-44)46(60)50-34-6-9-36(10-7-34)61-38-8-5-33(28-49)40(47)26-38/h4-5,8,11-13,25-26,34-37H,2-3,6-7,9-10,14-24,29H2,1H3,(H,50,60). The normalized spacial score (nSPS) is 21.1. The quantitative estimate of drug-likeness (QED) is 0.197. The number of carbonyl (C=O) groups excluding carboxylic acids is 2. The topological polar surface area (TPSA) is 169 Å². The zero-order valence-corrected chi connectivity index (χ0v) is 35.9. The molecule has 5 aliphatic rings. The van der Waals surface area contributed by atoms with Crippen molar-refractivity contribution in [2.75, 3.05) is 49.1 Å². The van der Waals surface area contributed by atoms with Gasteiger partial charge >= 0.3 is 0 Å². The van der Waals surface area contributed by atoms with E-state index in [1.54, 1.807) is 31.2 Å². The van der Waals surface area contributed by atoms with Crippen LogP contribution in [-0.2, 0) is 29.0 Å². The molecule has 0 atom stereocenters. The van der Waals surface area contributed by atoms with Crippen molar-refractivity contribution in [1.29, 1.82) is 10.5 Å². The number of rotatable bonds is 9. The number of anilines is 3. The number of fused-ring (bicyclic) bond motifs is 2. The molecule has 0 spiro atoms. The summed E-state index contributed by atoms with van der Waals surface area (Å²) in [5, 5.41) is 38.3. The summed E-state index contributed by atoms with van der Waals surface area (Å²) in [5.41, 5.74) is 6.06. The molecule has 4 aromatic rings. The Morgan fingerprint density at radius 1 is 0.839 bits per heavy atom. The molecule has 0 bridgehead atoms. The van der Waals surface area contributed by atoms with Crippen LogP contribution in [0.15, 0.2) is 48.5 Å². The fraction of sp³-hybridized carbons (Fsp3) is 0.500. The van der Waals surface area contributed by atoms with Crippen LogP contribution in [0.1, 0.15) is 109 Å². The molecule has 3 fully saturated rings. The predicted octanol–water partition coefficient (Wildman–Crippen LogP) is 6.42. The van der Waals surface area contributed by atoms with Gasteiger partial charge in [0.2, 0.25) is 5.91 Å². The number of aromatic nitrogens is 4. The van der Waals surface area contributed by atoms with E-state index < -0.39 is 0 Å². The largest absolute Gasteiger partial charge is 0.490 e. The number of benzene rings is 2. The first-order valence-corrected chi connectivity index (χ1v) is 22.4. The summed E-state index contributed by atoms with van der Waals surface area (Å²) in [4.78, 5) is 38.6. The molecule has 62 heavy (non-hydrogen) atoms. The molecule has 0 unspecified atom stereocenters. The zero-order chi connectivity index (χ0) is 42.7. The van der Waals surface area contributed by atoms with Gasteiger partial charge in [-0.1, -0.05) is 11.6 Å². The average molecular weight is 858 g/mol. The average Bonchev–Trinajstić information content (AvgIpc) is 3.68. The van der Waals surface area contributed by atoms with E-state index in [9.17, 15) is 14.9 Å². The van der Waals surface area contributed by atoms with Gasteiger partial charge in [-0.05, 0) is 112 Å². The maximum absolute atomic E-state index is 13.1. The lowest BCUT2D eigenvalue weighted by Gasteiger charge is -2.38. The molecule has 1 N–H and O–H groups in total. The van der Waals surface area contributed by atoms with Gasteiger partial charge in [0, 0.05) is 81.7 Å². The van der Waals surface area contributed by atoms with Crippen LogP contribution < -0.4 is 19.9 Å². The van der Waals surface area contributed by atoms with Crippen LogP contribution in [-0.4, -0.2) is 99.3 Å². The number of piperidine rings is 2. The smallest absolute Gasteiger partial charge is 0.272 e. The molecule has 322 valence electrons. The van der Waals surface area contributed by atoms with Crippen molar-refractivity contribution in [2.24, 2.45) is 0 Å². The number of ether oxygens (including phenoxy) is 1. The Bertz CT molecular complexity index is 2370. The number of nitrogens with zero attached hydrogens (tertiary/aromatic N) is 10. The summed E-state index contributed by atoms with van der Waals surface area (Å²) in [6, 6.07) is 19.3. The van der Waals surface area contributed by atoms with Crippen molar-refractivity contribution < 1.29 is 19.2 Å². The number of hydroxylamine groups is 2. The summed E-state index contributed by atoms with van der Waals surface area (Å²) in [6.45, 7) is 6.96. The Kier molecular flexibility index (Phi) is 12.3. The molecule has 2 aromatic carbocycles. The summed E-state index contributed by atoms with van der Waals surface area (Å²) < 4.78 is 8.37. The van der Waals surface area contributed by atoms with E-state index in [2.05, 4.69) is 53.3 Å². The number of hydrogen-bond donors (Lipinski definition) is 1. The maximum Gasteiger partial charge on any atom is 0.272 e. The molecule has 0 radical (unpaired) electrons. The van der Waals surface area contributed by atoms with Gasteiger partial charge in [-0.3, -0.25) is 19.1 Å². The molecule has 16 heteroatoms. The van der Waals surface area contributed by atoms with Crippen molar-refractivity contribution in [2.45, 2.75) is 108 Å². The van der Waals surface area contributed by atoms with E-state index >= 15 is 0 Å². The van der Waals surface area contributed by atoms with Gasteiger partial charge in [-0.2, -0.15) is 20.7 Å². The van der Waals surface area contributed by atoms with Crippen molar-refractivity contribution in [3.05, 3.63) is 87.2 Å². The van der Waals surface area contributed by atoms with Gasteiger partial charge in [0.1, 0.15) is 11.8 Å². The number of hydrogen-bond acceptors (Lipinski definition) is 12. The predicted molar refractivity (Wildman–Crippen MR) is 232 cm³/mol. The number of carbonyl (C=O) groups is 2. The highest BCUT2D eigenvalue weighted by molar-refractivity contribution is 6.31. The summed E-state index contributed by atoms with van der Waals surface area (Å²) in [6.07, 6.45) is 9.58. The maximum atomic E-state index is 13.1. The number of nitrogens with one attached hydrogen (secondary N) is 1. The van der Waals surface area contributed by atoms with Gasteiger partial charge in [0.25, 0.3) is 5.91 Å². The minimum absolute atomic E-state index is 0.0233. The van der Waals surface area contributed by atoms with Crippen LogP contribution in [0.5, 0.6) is 5.75 Å². The fourth-order valence-electron chi connectivity index (χ4n) is 9.75. The van der Waals surface area contributed by atoms with Crippen LogP contribution in [0.3, 0.4) is 0 Å². The lowest BCUT2D eigenvalue weighted by molar-refractivity contribution is -0.213. The first-order chi connectivity index (χ1) is 30.2. The zero-order valence-electron chi connectivity index (χ0n) is 35.1. The van der Waals surface area contributed by atoms with Crippen LogP contribution in [0, 0.1) is 22.7 Å². The van der Waals surface area contributed by atoms with E-state index in [0.29, 0.717) is 40.7 Å². The highest BCUT2D eigenvalue weighted by Crippen LogP contribution is 2.40. The van der Waals surface area contributed by atoms with Crippen molar-refractivity contribution in [3.8, 4) is 17.9 Å². The van der Waals surface area contributed by atoms with E-state index in [-0.39, 0.29) is 36.1 Å². The first-order valence-electron chi connectivity index (χ1n) is 22.1. The van der Waals surface area contributed by atoms with Gasteiger partial charge < -0.3 is 24.8 Å². The minimum atomic E-state index is -0.223. The molecular formula is C46H52ClN11O4. The van der Waals surface area contributed by atoms with Gasteiger partial charge in [-0.25, -0.2) is 0 Å². The highest BCUT2D eigenvalue weighted by atomic mass is 35.5. The number of halogens is 1. The lowest BCUT2D eigenvalue weighted by Crippen LogP contribution is -2.43. The molecule has 6 heterocycles. The van der Waals surface area contributed by atoms with Crippen molar-refractivity contribution in [1.82, 2.24) is 35.3 Å². The number of nitriles is 2. The second kappa shape index (κ2) is 18.3. The van der Waals surface area contributed by atoms with Gasteiger partial charge in [0.05, 0.1) is 47.0 Å². The molecule has 4 aliphatic heterocycles. The van der Waals surface area contributed by atoms with Crippen LogP contribution in [0.25, 0.3) is 0 Å². The molecular weight excluding hydrogens is 806 g/mol. The molecule has 2 saturated heterocycles. The Balaban J connectivity index is 0.743. The third-order valence-corrected chi connectivity index (χ3v) is 13.5. The van der Waals surface area contributed by atoms with E-state index in [4.69, 9.17) is 31.5 Å². The fourth-order valence-corrected chi connectivity index (χ4v) is 9.96. The SMILES string of the molecule is CC(=O)N1CCc2c(c(N3CCCc4cc(C#N)ccc43)nn2C2CCN(OC3CCN(c4ccc(C(=O)NC5CCC(Oc6ccc(C#N)c(Cl)c6)CC5)nn4)CC3)CC2)C1. The van der Waals surface area contributed by atoms with Gasteiger partial charge in [-0.15, -0.1) is 10.2 Å². The van der Waals surface area contributed by atoms with E-state index in [1.165, 1.54) is 11.3 Å². The Labute approximate surface area is 367 Å². The minimum Gasteiger partial charge on any atom is -0.490 e. The third kappa shape index (κ3) is 8.93. The molecule has 9 rings (SSSR count). The number of aryl methyl sites for hydroxylation is 1. The first kappa shape index (κ1) is 41.6. The lowest BCUT2D eigenvalue weighted by atomic mass is 9.93. The van der Waals surface area contributed by atoms with Crippen LogP contribution in [0.2, 0.25) is 5.02 Å². The summed E-state index contributed by atoms with van der Waals surface area (Å²) >= 11 is 6.16. The van der Waals surface area contributed by atoms with Crippen molar-refractivity contribution in [3.63, 3.8) is 0 Å². The summed E-state index contributed by atoms with van der Waals surface area (Å²) in [5.74, 6) is 2.21. The number of amides is 2. The summed E-state index contributed by atoms with van der Waals surface area (Å²) in [7, 11) is 0. The van der Waals surface area contributed by atoms with Crippen LogP contribution >= 0.6 is 11.6 Å². The second-order valence-electron chi connectivity index (χ2n) is 17.1. The molecule has 2 aromatic heterocycles. The van der Waals surface area contributed by atoms with E-state index in [1.807, 2.05) is 23.1 Å². The van der Waals surface area contributed by atoms with Crippen molar-refractivity contribution >= 4 is 40.7 Å². The monoisotopic (exact) mass is 857 g/mol. The molecule has 2 amide bonds. The van der Waals surface area contributed by atoms with Crippen LogP contribution in [0.4, 0.5) is 17.3 Å². The third-order valence-electron chi connectivity index (χ3n) is 13.2. The van der Waals surface area contributed by atoms with Gasteiger partial charge in [0.15, 0.2) is 17.3 Å². The molecule has 1 aliphatic carbocycles. The second-order valence-corrected chi connectivity index (χ2v) is 17.5. The molecule has 1 saturated carbocycles. The van der Waals surface area contributed by atoms with E-state index in [0.717, 1.165) is 126 Å². The Hall–Kier alpha value is -5.74. The Morgan fingerprint density at radius 3 is 2.35 bits per heavy atom.